The fraction of sp³-hybridized carbons (Fsp3) is 0.357. The minimum Gasteiger partial charge on any atom is -0.385 e. The summed E-state index contributed by atoms with van der Waals surface area (Å²) in [5, 5.41) is 10.8. The molecule has 1 aromatic carbocycles. The fourth-order valence-corrected chi connectivity index (χ4v) is 4.09. The first-order chi connectivity index (χ1) is 9.36. The summed E-state index contributed by atoms with van der Waals surface area (Å²) in [4.78, 5) is 12.4. The summed E-state index contributed by atoms with van der Waals surface area (Å²) in [5.74, 6) is -0.296. The smallest absolute Gasteiger partial charge is 0.203 e. The third kappa shape index (κ3) is 1.90. The predicted octanol–water partition coefficient (Wildman–Crippen LogP) is 3.10. The van der Waals surface area contributed by atoms with Crippen molar-refractivity contribution in [2.75, 3.05) is 0 Å². The van der Waals surface area contributed by atoms with E-state index in [2.05, 4.69) is 0 Å². The van der Waals surface area contributed by atoms with Gasteiger partial charge in [0.25, 0.3) is 0 Å². The molecule has 20 heavy (non-hydrogen) atoms. The molecular formula is C14H12ClFINO2. The molecular weight excluding hydrogens is 396 g/mol. The summed E-state index contributed by atoms with van der Waals surface area (Å²) in [6.07, 6.45) is 0.460. The molecule has 0 amide bonds. The maximum atomic E-state index is 13.8. The van der Waals surface area contributed by atoms with E-state index in [1.165, 1.54) is 12.1 Å². The molecule has 0 fully saturated rings. The summed E-state index contributed by atoms with van der Waals surface area (Å²) in [6.45, 7) is 2.20. The van der Waals surface area contributed by atoms with Crippen molar-refractivity contribution in [2.45, 2.75) is 31.4 Å². The summed E-state index contributed by atoms with van der Waals surface area (Å²) < 4.78 is 16.2. The van der Waals surface area contributed by atoms with Gasteiger partial charge in [-0.1, -0.05) is 0 Å². The Morgan fingerprint density at radius 2 is 2.25 bits per heavy atom. The van der Waals surface area contributed by atoms with Crippen LogP contribution in [0.4, 0.5) is 4.39 Å². The van der Waals surface area contributed by atoms with Crippen LogP contribution < -0.4 is 5.43 Å². The first-order valence-corrected chi connectivity index (χ1v) is 7.81. The SMILES string of the molecule is CC1(O)CCn2c(CCl)c(I)c(=O)c3cc(F)cc1c32. The van der Waals surface area contributed by atoms with Crippen LogP contribution in [0.3, 0.4) is 0 Å². The molecule has 3 nitrogen and oxygen atoms in total. The van der Waals surface area contributed by atoms with E-state index in [9.17, 15) is 14.3 Å². The highest BCUT2D eigenvalue weighted by Gasteiger charge is 2.33. The molecule has 2 heterocycles. The van der Waals surface area contributed by atoms with Crippen LogP contribution in [0, 0.1) is 9.39 Å². The van der Waals surface area contributed by atoms with Crippen molar-refractivity contribution in [3.05, 3.63) is 43.0 Å². The van der Waals surface area contributed by atoms with Crippen molar-refractivity contribution in [2.24, 2.45) is 0 Å². The Morgan fingerprint density at radius 3 is 2.90 bits per heavy atom. The van der Waals surface area contributed by atoms with Gasteiger partial charge in [-0.05, 0) is 48.1 Å². The van der Waals surface area contributed by atoms with Crippen molar-refractivity contribution in [3.63, 3.8) is 0 Å². The van der Waals surface area contributed by atoms with Crippen LogP contribution in [-0.4, -0.2) is 9.67 Å². The van der Waals surface area contributed by atoms with Crippen molar-refractivity contribution >= 4 is 45.1 Å². The summed E-state index contributed by atoms with van der Waals surface area (Å²) in [6, 6.07) is 2.54. The van der Waals surface area contributed by atoms with Crippen LogP contribution in [0.25, 0.3) is 10.9 Å². The third-order valence-electron chi connectivity index (χ3n) is 3.90. The first kappa shape index (κ1) is 14.3. The normalized spacial score (nSPS) is 21.4. The largest absolute Gasteiger partial charge is 0.385 e. The van der Waals surface area contributed by atoms with Crippen LogP contribution in [0.1, 0.15) is 24.6 Å². The second kappa shape index (κ2) is 4.68. The van der Waals surface area contributed by atoms with Gasteiger partial charge in [0.1, 0.15) is 5.82 Å². The average Bonchev–Trinajstić information content (AvgIpc) is 2.39. The standard InChI is InChI=1S/C14H12ClFINO2/c1-14(20)2-3-18-10(6-15)11(17)13(19)8-4-7(16)5-9(14)12(8)18/h4-5,20H,2-3,6H2,1H3. The lowest BCUT2D eigenvalue weighted by molar-refractivity contribution is 0.0390. The van der Waals surface area contributed by atoms with Gasteiger partial charge in [-0.2, -0.15) is 0 Å². The Labute approximate surface area is 133 Å². The molecule has 0 aliphatic carbocycles. The maximum absolute atomic E-state index is 13.8. The second-order valence-corrected chi connectivity index (χ2v) is 6.59. The molecule has 0 bridgehead atoms. The van der Waals surface area contributed by atoms with Gasteiger partial charge in [-0.3, -0.25) is 4.79 Å². The summed E-state index contributed by atoms with van der Waals surface area (Å²) >= 11 is 7.92. The van der Waals surface area contributed by atoms with E-state index in [-0.39, 0.29) is 11.3 Å². The van der Waals surface area contributed by atoms with Gasteiger partial charge in [-0.25, -0.2) is 4.39 Å². The highest BCUT2D eigenvalue weighted by Crippen LogP contribution is 2.37. The predicted molar refractivity (Wildman–Crippen MR) is 84.6 cm³/mol. The van der Waals surface area contributed by atoms with E-state index in [0.29, 0.717) is 33.0 Å². The van der Waals surface area contributed by atoms with E-state index in [1.54, 1.807) is 6.92 Å². The van der Waals surface area contributed by atoms with Crippen LogP contribution in [-0.2, 0) is 18.0 Å². The van der Waals surface area contributed by atoms with Gasteiger partial charge in [0.05, 0.1) is 31.6 Å². The fourth-order valence-electron chi connectivity index (χ4n) is 2.82. The number of pyridine rings is 1. The van der Waals surface area contributed by atoms with Gasteiger partial charge in [-0.15, -0.1) is 11.6 Å². The van der Waals surface area contributed by atoms with E-state index in [1.807, 2.05) is 27.2 Å². The lowest BCUT2D eigenvalue weighted by Gasteiger charge is -2.33. The zero-order chi connectivity index (χ0) is 14.7. The Bertz CT molecular complexity index is 785. The Balaban J connectivity index is 2.60. The van der Waals surface area contributed by atoms with Crippen molar-refractivity contribution in [1.82, 2.24) is 4.57 Å². The Morgan fingerprint density at radius 1 is 1.55 bits per heavy atom. The minimum absolute atomic E-state index is 0.211. The molecule has 3 rings (SSSR count). The third-order valence-corrected chi connectivity index (χ3v) is 5.26. The van der Waals surface area contributed by atoms with Crippen molar-refractivity contribution < 1.29 is 9.50 Å². The monoisotopic (exact) mass is 407 g/mol. The zero-order valence-corrected chi connectivity index (χ0v) is 13.6. The number of aromatic nitrogens is 1. The van der Waals surface area contributed by atoms with Crippen molar-refractivity contribution in [3.8, 4) is 0 Å². The van der Waals surface area contributed by atoms with Crippen molar-refractivity contribution in [1.29, 1.82) is 0 Å². The molecule has 1 aromatic heterocycles. The van der Waals surface area contributed by atoms with E-state index < -0.39 is 11.4 Å². The summed E-state index contributed by atoms with van der Waals surface area (Å²) in [5.41, 5.74) is 0.421. The van der Waals surface area contributed by atoms with Crippen LogP contribution in [0.5, 0.6) is 0 Å². The van der Waals surface area contributed by atoms with Gasteiger partial charge < -0.3 is 9.67 Å². The number of hydrogen-bond donors (Lipinski definition) is 1. The van der Waals surface area contributed by atoms with Crippen LogP contribution >= 0.6 is 34.2 Å². The number of rotatable bonds is 1. The van der Waals surface area contributed by atoms with Gasteiger partial charge in [0, 0.05) is 12.1 Å². The number of aryl methyl sites for hydroxylation is 1. The number of benzene rings is 1. The molecule has 0 spiro atoms. The number of alkyl halides is 1. The molecule has 1 N–H and O–H groups in total. The molecule has 1 atom stereocenters. The molecule has 1 unspecified atom stereocenters. The highest BCUT2D eigenvalue weighted by atomic mass is 127. The topological polar surface area (TPSA) is 42.2 Å². The first-order valence-electron chi connectivity index (χ1n) is 6.20. The van der Waals surface area contributed by atoms with E-state index >= 15 is 0 Å². The molecule has 0 saturated heterocycles. The number of hydrogen-bond acceptors (Lipinski definition) is 2. The maximum Gasteiger partial charge on any atom is 0.203 e. The molecule has 6 heteroatoms. The molecule has 0 radical (unpaired) electrons. The lowest BCUT2D eigenvalue weighted by atomic mass is 9.87. The molecule has 106 valence electrons. The van der Waals surface area contributed by atoms with E-state index in [0.717, 1.165) is 5.69 Å². The number of nitrogens with zero attached hydrogens (tertiary/aromatic N) is 1. The quantitative estimate of drug-likeness (QED) is 0.583. The minimum atomic E-state index is -1.14. The second-order valence-electron chi connectivity index (χ2n) is 5.25. The van der Waals surface area contributed by atoms with E-state index in [4.69, 9.17) is 11.6 Å². The molecule has 0 saturated carbocycles. The Kier molecular flexibility index (Phi) is 3.34. The lowest BCUT2D eigenvalue weighted by Crippen LogP contribution is -2.32. The highest BCUT2D eigenvalue weighted by molar-refractivity contribution is 14.1. The number of aliphatic hydroxyl groups is 1. The van der Waals surface area contributed by atoms with Crippen LogP contribution in [0.2, 0.25) is 0 Å². The summed E-state index contributed by atoms with van der Waals surface area (Å²) in [7, 11) is 0. The zero-order valence-electron chi connectivity index (χ0n) is 10.7. The molecule has 1 aliphatic heterocycles. The van der Waals surface area contributed by atoms with Gasteiger partial charge >= 0.3 is 0 Å². The van der Waals surface area contributed by atoms with Gasteiger partial charge in [0.15, 0.2) is 0 Å². The Hall–Kier alpha value is -0.660. The van der Waals surface area contributed by atoms with Crippen LogP contribution in [0.15, 0.2) is 16.9 Å². The number of halogens is 3. The van der Waals surface area contributed by atoms with Gasteiger partial charge in [0.2, 0.25) is 5.43 Å². The average molecular weight is 408 g/mol. The molecule has 1 aliphatic rings. The molecule has 2 aromatic rings.